The minimum Gasteiger partial charge on any atom is -0.323 e. The van der Waals surface area contributed by atoms with Crippen LogP contribution < -0.4 is 10.2 Å². The Morgan fingerprint density at radius 2 is 1.96 bits per heavy atom. The maximum absolute atomic E-state index is 12.9. The highest BCUT2D eigenvalue weighted by Gasteiger charge is 2.60. The Morgan fingerprint density at radius 1 is 1.17 bits per heavy atom. The third-order valence-electron chi connectivity index (χ3n) is 4.14. The second-order valence-electron chi connectivity index (χ2n) is 5.56. The molecule has 0 aliphatic carbocycles. The number of carbonyl (C=O) groups excluding carboxylic acids is 2. The second-order valence-corrected chi connectivity index (χ2v) is 7.53. The Kier molecular flexibility index (Phi) is 3.18. The summed E-state index contributed by atoms with van der Waals surface area (Å²) in [5.74, 6) is -0.287. The summed E-state index contributed by atoms with van der Waals surface area (Å²) < 4.78 is 0. The van der Waals surface area contributed by atoms with Crippen molar-refractivity contribution in [2.75, 3.05) is 10.2 Å². The Bertz CT molecular complexity index is 841. The van der Waals surface area contributed by atoms with Gasteiger partial charge in [-0.2, -0.15) is 0 Å². The summed E-state index contributed by atoms with van der Waals surface area (Å²) in [7, 11) is 0. The molecule has 2 heterocycles. The van der Waals surface area contributed by atoms with Crippen LogP contribution in [0.25, 0.3) is 0 Å². The molecule has 2 aliphatic heterocycles. The fourth-order valence-electron chi connectivity index (χ4n) is 3.18. The quantitative estimate of drug-likeness (QED) is 0.859. The molecular formula is C17H13ClN2O2S. The molecule has 116 valence electrons. The number of thioether (sulfide) groups is 1. The first-order valence-electron chi connectivity index (χ1n) is 7.22. The fourth-order valence-corrected chi connectivity index (χ4v) is 4.84. The molecule has 0 unspecified atom stereocenters. The number of carbonyl (C=O) groups is 2. The number of hydrogen-bond donors (Lipinski definition) is 1. The van der Waals surface area contributed by atoms with Crippen LogP contribution in [0, 0.1) is 0 Å². The van der Waals surface area contributed by atoms with Gasteiger partial charge in [-0.15, -0.1) is 11.8 Å². The third kappa shape index (κ3) is 1.93. The summed E-state index contributed by atoms with van der Waals surface area (Å²) in [5, 5.41) is 3.11. The van der Waals surface area contributed by atoms with Crippen molar-refractivity contribution in [3.05, 3.63) is 59.1 Å². The molecule has 2 amide bonds. The van der Waals surface area contributed by atoms with E-state index in [9.17, 15) is 9.59 Å². The summed E-state index contributed by atoms with van der Waals surface area (Å²) in [6, 6.07) is 14.5. The number of halogens is 1. The van der Waals surface area contributed by atoms with Crippen LogP contribution in [0.3, 0.4) is 0 Å². The van der Waals surface area contributed by atoms with Crippen molar-refractivity contribution < 1.29 is 9.59 Å². The third-order valence-corrected chi connectivity index (χ3v) is 5.86. The number of nitrogens with zero attached hydrogens (tertiary/aromatic N) is 1. The van der Waals surface area contributed by atoms with Gasteiger partial charge in [-0.25, -0.2) is 0 Å². The Morgan fingerprint density at radius 3 is 2.74 bits per heavy atom. The van der Waals surface area contributed by atoms with Gasteiger partial charge in [-0.3, -0.25) is 14.5 Å². The number of amides is 2. The van der Waals surface area contributed by atoms with E-state index in [4.69, 9.17) is 11.6 Å². The van der Waals surface area contributed by atoms with Gasteiger partial charge in [-0.05, 0) is 31.2 Å². The zero-order valence-corrected chi connectivity index (χ0v) is 13.8. The van der Waals surface area contributed by atoms with Crippen LogP contribution in [-0.2, 0) is 14.5 Å². The summed E-state index contributed by atoms with van der Waals surface area (Å²) in [5.41, 5.74) is 2.19. The van der Waals surface area contributed by atoms with Crippen molar-refractivity contribution in [3.8, 4) is 0 Å². The van der Waals surface area contributed by atoms with E-state index in [1.54, 1.807) is 29.2 Å². The van der Waals surface area contributed by atoms with E-state index < -0.39 is 4.87 Å². The van der Waals surface area contributed by atoms with Gasteiger partial charge in [0.25, 0.3) is 5.91 Å². The molecule has 6 heteroatoms. The molecule has 0 radical (unpaired) electrons. The molecular weight excluding hydrogens is 332 g/mol. The van der Waals surface area contributed by atoms with Crippen LogP contribution in [-0.4, -0.2) is 17.1 Å². The van der Waals surface area contributed by atoms with Crippen LogP contribution in [0.1, 0.15) is 12.5 Å². The molecule has 1 N–H and O–H groups in total. The van der Waals surface area contributed by atoms with E-state index in [0.29, 0.717) is 10.7 Å². The lowest BCUT2D eigenvalue weighted by Crippen LogP contribution is -2.47. The monoisotopic (exact) mass is 344 g/mol. The number of fused-ring (bicyclic) bond motifs is 2. The Labute approximate surface area is 142 Å². The summed E-state index contributed by atoms with van der Waals surface area (Å²) in [4.78, 5) is 26.2. The van der Waals surface area contributed by atoms with Crippen LogP contribution in [0.5, 0.6) is 0 Å². The highest BCUT2D eigenvalue weighted by Crippen LogP contribution is 2.56. The predicted octanol–water partition coefficient (Wildman–Crippen LogP) is 3.61. The maximum atomic E-state index is 12.9. The lowest BCUT2D eigenvalue weighted by atomic mass is 10.0. The highest BCUT2D eigenvalue weighted by atomic mass is 35.5. The molecule has 0 aromatic heterocycles. The minimum absolute atomic E-state index is 0.0934. The van der Waals surface area contributed by atoms with Gasteiger partial charge in [0, 0.05) is 22.0 Å². The number of nitrogens with one attached hydrogen (secondary N) is 1. The topological polar surface area (TPSA) is 49.4 Å². The van der Waals surface area contributed by atoms with Gasteiger partial charge >= 0.3 is 0 Å². The van der Waals surface area contributed by atoms with Crippen LogP contribution in [0.4, 0.5) is 11.4 Å². The Hall–Kier alpha value is -1.98. The second kappa shape index (κ2) is 5.01. The zero-order valence-electron chi connectivity index (χ0n) is 12.2. The highest BCUT2D eigenvalue weighted by molar-refractivity contribution is 8.03. The average Bonchev–Trinajstić information content (AvgIpc) is 2.95. The fraction of sp³-hybridized carbons (Fsp3) is 0.176. The molecule has 2 aromatic carbocycles. The Balaban J connectivity index is 1.96. The van der Waals surface area contributed by atoms with Gasteiger partial charge in [0.15, 0.2) is 0 Å². The normalized spacial score (nSPS) is 25.8. The molecule has 1 fully saturated rings. The number of para-hydroxylation sites is 1. The summed E-state index contributed by atoms with van der Waals surface area (Å²) in [6.07, 6.45) is 0. The number of rotatable bonds is 1. The van der Waals surface area contributed by atoms with E-state index in [2.05, 4.69) is 5.32 Å². The predicted molar refractivity (Wildman–Crippen MR) is 92.7 cm³/mol. The van der Waals surface area contributed by atoms with Crippen molar-refractivity contribution in [2.45, 2.75) is 17.0 Å². The van der Waals surface area contributed by atoms with E-state index >= 15 is 0 Å². The lowest BCUT2D eigenvalue weighted by molar-refractivity contribution is -0.122. The molecule has 2 aliphatic rings. The van der Waals surface area contributed by atoms with Gasteiger partial charge in [0.05, 0.1) is 5.25 Å². The van der Waals surface area contributed by atoms with Gasteiger partial charge in [0.2, 0.25) is 10.8 Å². The number of anilines is 2. The van der Waals surface area contributed by atoms with Crippen molar-refractivity contribution in [1.82, 2.24) is 0 Å². The van der Waals surface area contributed by atoms with Crippen molar-refractivity contribution >= 4 is 46.6 Å². The van der Waals surface area contributed by atoms with Crippen molar-refractivity contribution in [1.29, 1.82) is 0 Å². The molecule has 2 aromatic rings. The van der Waals surface area contributed by atoms with Crippen molar-refractivity contribution in [3.63, 3.8) is 0 Å². The molecule has 2 atom stereocenters. The van der Waals surface area contributed by atoms with Crippen LogP contribution in [0.15, 0.2) is 48.5 Å². The molecule has 1 saturated heterocycles. The lowest BCUT2D eigenvalue weighted by Gasteiger charge is -2.32. The number of hydrogen-bond acceptors (Lipinski definition) is 3. The number of benzene rings is 2. The van der Waals surface area contributed by atoms with Crippen LogP contribution in [0.2, 0.25) is 5.02 Å². The van der Waals surface area contributed by atoms with Gasteiger partial charge in [0.1, 0.15) is 0 Å². The smallest absolute Gasteiger partial charge is 0.266 e. The first-order chi connectivity index (χ1) is 11.0. The molecule has 0 saturated carbocycles. The van der Waals surface area contributed by atoms with Gasteiger partial charge in [-0.1, -0.05) is 35.9 Å². The first kappa shape index (κ1) is 14.6. The average molecular weight is 345 g/mol. The van der Waals surface area contributed by atoms with E-state index in [-0.39, 0.29) is 17.1 Å². The standard InChI is InChI=1S/C17H13ClN2O2S/c1-10-15(21)20(12-6-4-5-11(18)9-12)17(23-10)13-7-2-3-8-14(13)19-16(17)22/h2-10H,1H3,(H,19,22)/t10-,17-/m0/s1. The molecule has 4 nitrogen and oxygen atoms in total. The molecule has 0 bridgehead atoms. The molecule has 1 spiro atoms. The van der Waals surface area contributed by atoms with E-state index in [0.717, 1.165) is 11.3 Å². The van der Waals surface area contributed by atoms with Crippen molar-refractivity contribution in [2.24, 2.45) is 0 Å². The van der Waals surface area contributed by atoms with E-state index in [1.807, 2.05) is 31.2 Å². The van der Waals surface area contributed by atoms with Gasteiger partial charge < -0.3 is 5.32 Å². The summed E-state index contributed by atoms with van der Waals surface area (Å²) >= 11 is 7.46. The maximum Gasteiger partial charge on any atom is 0.266 e. The first-order valence-corrected chi connectivity index (χ1v) is 8.48. The van der Waals surface area contributed by atoms with E-state index in [1.165, 1.54) is 11.8 Å². The minimum atomic E-state index is -1.07. The zero-order chi connectivity index (χ0) is 16.2. The molecule has 23 heavy (non-hydrogen) atoms. The summed E-state index contributed by atoms with van der Waals surface area (Å²) in [6.45, 7) is 1.83. The van der Waals surface area contributed by atoms with Crippen LogP contribution >= 0.6 is 23.4 Å². The SMILES string of the molecule is C[C@@H]1S[C@@]2(C(=O)Nc3ccccc32)N(c2cccc(Cl)c2)C1=O. The molecule has 4 rings (SSSR count). The largest absolute Gasteiger partial charge is 0.323 e.